The third-order valence-corrected chi connectivity index (χ3v) is 5.37. The van der Waals surface area contributed by atoms with Crippen LogP contribution in [0.4, 0.5) is 4.39 Å². The second-order valence-electron chi connectivity index (χ2n) is 4.92. The van der Waals surface area contributed by atoms with E-state index in [9.17, 15) is 12.8 Å². The topological polar surface area (TPSA) is 63.4 Å². The molecule has 1 aromatic carbocycles. The van der Waals surface area contributed by atoms with Crippen LogP contribution in [0.3, 0.4) is 0 Å². The molecule has 0 aliphatic heterocycles. The number of nitrogens with zero attached hydrogens (tertiary/aromatic N) is 1. The molecule has 0 atom stereocenters. The Labute approximate surface area is 120 Å². The van der Waals surface area contributed by atoms with Crippen LogP contribution in [0.5, 0.6) is 0 Å². The maximum absolute atomic E-state index is 13.3. The SMILES string of the molecule is CCCCN(CCN)S(=O)(=O)c1c(C)cc(F)cc1C. The molecule has 0 aliphatic rings. The van der Waals surface area contributed by atoms with Crippen molar-refractivity contribution in [2.45, 2.75) is 38.5 Å². The highest BCUT2D eigenvalue weighted by Gasteiger charge is 2.27. The van der Waals surface area contributed by atoms with E-state index in [4.69, 9.17) is 5.73 Å². The Balaban J connectivity index is 3.26. The molecular weight excluding hydrogens is 279 g/mol. The molecule has 0 amide bonds. The largest absolute Gasteiger partial charge is 0.329 e. The summed E-state index contributed by atoms with van der Waals surface area (Å²) >= 11 is 0. The van der Waals surface area contributed by atoms with Gasteiger partial charge >= 0.3 is 0 Å². The summed E-state index contributed by atoms with van der Waals surface area (Å²) in [5.41, 5.74) is 6.37. The quantitative estimate of drug-likeness (QED) is 0.840. The van der Waals surface area contributed by atoms with Crippen LogP contribution in [0, 0.1) is 19.7 Å². The van der Waals surface area contributed by atoms with E-state index in [2.05, 4.69) is 0 Å². The predicted molar refractivity (Wildman–Crippen MR) is 78.6 cm³/mol. The molecule has 0 unspecified atom stereocenters. The molecule has 0 radical (unpaired) electrons. The van der Waals surface area contributed by atoms with Gasteiger partial charge in [-0.15, -0.1) is 0 Å². The Kier molecular flexibility index (Phi) is 6.10. The van der Waals surface area contributed by atoms with Gasteiger partial charge in [-0.05, 0) is 43.5 Å². The zero-order chi connectivity index (χ0) is 15.3. The van der Waals surface area contributed by atoms with Crippen LogP contribution in [0.2, 0.25) is 0 Å². The van der Waals surface area contributed by atoms with Gasteiger partial charge in [-0.3, -0.25) is 0 Å². The summed E-state index contributed by atoms with van der Waals surface area (Å²) in [6.45, 7) is 6.21. The first-order valence-corrected chi connectivity index (χ1v) is 8.25. The molecule has 0 bridgehead atoms. The van der Waals surface area contributed by atoms with E-state index in [1.54, 1.807) is 13.8 Å². The van der Waals surface area contributed by atoms with E-state index in [1.165, 1.54) is 16.4 Å². The number of sulfonamides is 1. The standard InChI is InChI=1S/C14H23FN2O2S/c1-4-5-7-17(8-6-16)20(18,19)14-11(2)9-13(15)10-12(14)3/h9-10H,4-8,16H2,1-3H3. The van der Waals surface area contributed by atoms with Gasteiger partial charge < -0.3 is 5.73 Å². The van der Waals surface area contributed by atoms with Gasteiger partial charge in [0.25, 0.3) is 0 Å². The molecule has 6 heteroatoms. The van der Waals surface area contributed by atoms with Crippen molar-refractivity contribution in [3.8, 4) is 0 Å². The van der Waals surface area contributed by atoms with Crippen molar-refractivity contribution < 1.29 is 12.8 Å². The summed E-state index contributed by atoms with van der Waals surface area (Å²) < 4.78 is 40.2. The lowest BCUT2D eigenvalue weighted by Crippen LogP contribution is -2.36. The summed E-state index contributed by atoms with van der Waals surface area (Å²) in [5.74, 6) is -0.419. The minimum Gasteiger partial charge on any atom is -0.329 e. The van der Waals surface area contributed by atoms with E-state index >= 15 is 0 Å². The monoisotopic (exact) mass is 302 g/mol. The van der Waals surface area contributed by atoms with Crippen LogP contribution in [0.1, 0.15) is 30.9 Å². The molecule has 0 saturated carbocycles. The highest BCUT2D eigenvalue weighted by atomic mass is 32.2. The third kappa shape index (κ3) is 3.77. The Hall–Kier alpha value is -0.980. The van der Waals surface area contributed by atoms with Crippen LogP contribution in [-0.4, -0.2) is 32.4 Å². The molecule has 1 rings (SSSR count). The summed E-state index contributed by atoms with van der Waals surface area (Å²) in [4.78, 5) is 0.198. The Bertz CT molecular complexity index is 535. The Morgan fingerprint density at radius 2 is 1.75 bits per heavy atom. The van der Waals surface area contributed by atoms with Gasteiger partial charge in [0.1, 0.15) is 5.82 Å². The molecule has 114 valence electrons. The van der Waals surface area contributed by atoms with Crippen molar-refractivity contribution in [1.82, 2.24) is 4.31 Å². The van der Waals surface area contributed by atoms with Crippen LogP contribution in [0.15, 0.2) is 17.0 Å². The van der Waals surface area contributed by atoms with Gasteiger partial charge in [-0.25, -0.2) is 12.8 Å². The molecule has 2 N–H and O–H groups in total. The molecule has 0 heterocycles. The highest BCUT2D eigenvalue weighted by Crippen LogP contribution is 2.25. The van der Waals surface area contributed by atoms with Crippen molar-refractivity contribution in [3.05, 3.63) is 29.1 Å². The first kappa shape index (κ1) is 17.1. The number of nitrogens with two attached hydrogens (primary N) is 1. The van der Waals surface area contributed by atoms with Gasteiger partial charge in [0.15, 0.2) is 0 Å². The molecule has 4 nitrogen and oxygen atoms in total. The lowest BCUT2D eigenvalue weighted by atomic mass is 10.1. The molecule has 0 aliphatic carbocycles. The molecule has 0 fully saturated rings. The van der Waals surface area contributed by atoms with E-state index in [0.717, 1.165) is 12.8 Å². The van der Waals surface area contributed by atoms with Crippen LogP contribution in [0.25, 0.3) is 0 Å². The number of hydrogen-bond acceptors (Lipinski definition) is 3. The van der Waals surface area contributed by atoms with Gasteiger partial charge in [0.2, 0.25) is 10.0 Å². The fourth-order valence-corrected chi connectivity index (χ4v) is 4.17. The van der Waals surface area contributed by atoms with E-state index in [-0.39, 0.29) is 18.0 Å². The normalized spacial score (nSPS) is 12.1. The van der Waals surface area contributed by atoms with E-state index in [1.807, 2.05) is 6.92 Å². The van der Waals surface area contributed by atoms with Crippen LogP contribution < -0.4 is 5.73 Å². The average molecular weight is 302 g/mol. The Morgan fingerprint density at radius 3 is 2.20 bits per heavy atom. The first-order chi connectivity index (χ1) is 9.34. The van der Waals surface area contributed by atoms with E-state index in [0.29, 0.717) is 17.7 Å². The summed E-state index contributed by atoms with van der Waals surface area (Å²) in [5, 5.41) is 0. The van der Waals surface area contributed by atoms with Gasteiger partial charge in [0, 0.05) is 19.6 Å². The molecular formula is C14H23FN2O2S. The molecule has 1 aromatic rings. The van der Waals surface area contributed by atoms with Crippen molar-refractivity contribution in [1.29, 1.82) is 0 Å². The number of hydrogen-bond donors (Lipinski definition) is 1. The molecule has 0 aromatic heterocycles. The lowest BCUT2D eigenvalue weighted by molar-refractivity contribution is 0.409. The predicted octanol–water partition coefficient (Wildman–Crippen LogP) is 2.19. The minimum atomic E-state index is -3.63. The number of aryl methyl sites for hydroxylation is 2. The van der Waals surface area contributed by atoms with Crippen LogP contribution in [-0.2, 0) is 10.0 Å². The smallest absolute Gasteiger partial charge is 0.243 e. The third-order valence-electron chi connectivity index (χ3n) is 3.16. The fourth-order valence-electron chi connectivity index (χ4n) is 2.26. The highest BCUT2D eigenvalue weighted by molar-refractivity contribution is 7.89. The van der Waals surface area contributed by atoms with Crippen molar-refractivity contribution >= 4 is 10.0 Å². The first-order valence-electron chi connectivity index (χ1n) is 6.81. The maximum atomic E-state index is 13.3. The van der Waals surface area contributed by atoms with Gasteiger partial charge in [-0.2, -0.15) is 4.31 Å². The summed E-state index contributed by atoms with van der Waals surface area (Å²) in [6.07, 6.45) is 1.68. The number of unbranched alkanes of at least 4 members (excludes halogenated alkanes) is 1. The second kappa shape index (κ2) is 7.15. The van der Waals surface area contributed by atoms with Crippen LogP contribution >= 0.6 is 0 Å². The average Bonchev–Trinajstić information content (AvgIpc) is 2.32. The van der Waals surface area contributed by atoms with Gasteiger partial charge in [0.05, 0.1) is 4.90 Å². The van der Waals surface area contributed by atoms with Gasteiger partial charge in [-0.1, -0.05) is 13.3 Å². The minimum absolute atomic E-state index is 0.198. The molecule has 0 spiro atoms. The maximum Gasteiger partial charge on any atom is 0.243 e. The fraction of sp³-hybridized carbons (Fsp3) is 0.571. The lowest BCUT2D eigenvalue weighted by Gasteiger charge is -2.23. The molecule has 0 saturated heterocycles. The van der Waals surface area contributed by atoms with E-state index < -0.39 is 15.8 Å². The zero-order valence-corrected chi connectivity index (χ0v) is 13.1. The molecule has 20 heavy (non-hydrogen) atoms. The van der Waals surface area contributed by atoms with Crippen molar-refractivity contribution in [2.75, 3.05) is 19.6 Å². The van der Waals surface area contributed by atoms with Crippen molar-refractivity contribution in [2.24, 2.45) is 5.73 Å². The Morgan fingerprint density at radius 1 is 1.20 bits per heavy atom. The summed E-state index contributed by atoms with van der Waals surface area (Å²) in [6, 6.07) is 2.50. The number of benzene rings is 1. The van der Waals surface area contributed by atoms with Crippen molar-refractivity contribution in [3.63, 3.8) is 0 Å². The second-order valence-corrected chi connectivity index (χ2v) is 6.79. The number of halogens is 1. The number of rotatable bonds is 7. The summed E-state index contributed by atoms with van der Waals surface area (Å²) in [7, 11) is -3.63. The zero-order valence-electron chi connectivity index (χ0n) is 12.3.